The summed E-state index contributed by atoms with van der Waals surface area (Å²) < 4.78 is 0. The van der Waals surface area contributed by atoms with E-state index in [9.17, 15) is 9.59 Å². The quantitative estimate of drug-likeness (QED) is 0.775. The summed E-state index contributed by atoms with van der Waals surface area (Å²) in [6.07, 6.45) is 8.68. The Labute approximate surface area is 123 Å². The van der Waals surface area contributed by atoms with Crippen LogP contribution in [0, 0.1) is 11.3 Å². The molecule has 0 aromatic rings. The van der Waals surface area contributed by atoms with E-state index in [4.69, 9.17) is 0 Å². The molecule has 1 aliphatic carbocycles. The van der Waals surface area contributed by atoms with Crippen LogP contribution in [0.25, 0.3) is 0 Å². The minimum Gasteiger partial charge on any atom is -0.332 e. The predicted molar refractivity (Wildman–Crippen MR) is 80.4 cm³/mol. The SMILES string of the molecule is CC(C)(C)C(=O)N1CCCCC1C(=O)C1CCCCC1. The highest BCUT2D eigenvalue weighted by molar-refractivity contribution is 5.92. The molecule has 0 bridgehead atoms. The van der Waals surface area contributed by atoms with Gasteiger partial charge in [-0.1, -0.05) is 40.0 Å². The molecule has 1 amide bonds. The second-order valence-electron chi connectivity index (χ2n) is 7.50. The Morgan fingerprint density at radius 1 is 0.900 bits per heavy atom. The van der Waals surface area contributed by atoms with Crippen LogP contribution < -0.4 is 0 Å². The van der Waals surface area contributed by atoms with E-state index in [0.717, 1.165) is 38.6 Å². The minimum atomic E-state index is -0.386. The van der Waals surface area contributed by atoms with Gasteiger partial charge in [-0.05, 0) is 32.1 Å². The molecule has 0 aromatic heterocycles. The third-order valence-electron chi connectivity index (χ3n) is 4.74. The van der Waals surface area contributed by atoms with Crippen molar-refractivity contribution >= 4 is 11.7 Å². The maximum absolute atomic E-state index is 12.8. The maximum atomic E-state index is 12.8. The average Bonchev–Trinajstić information content (AvgIpc) is 2.45. The van der Waals surface area contributed by atoms with Gasteiger partial charge in [-0.25, -0.2) is 0 Å². The third kappa shape index (κ3) is 3.42. The maximum Gasteiger partial charge on any atom is 0.228 e. The van der Waals surface area contributed by atoms with Gasteiger partial charge >= 0.3 is 0 Å². The molecule has 1 unspecified atom stereocenters. The van der Waals surface area contributed by atoms with Crippen LogP contribution in [0.3, 0.4) is 0 Å². The third-order valence-corrected chi connectivity index (χ3v) is 4.74. The molecule has 2 aliphatic rings. The van der Waals surface area contributed by atoms with Gasteiger partial charge in [0.05, 0.1) is 6.04 Å². The van der Waals surface area contributed by atoms with Gasteiger partial charge in [-0.15, -0.1) is 0 Å². The van der Waals surface area contributed by atoms with Crippen molar-refractivity contribution in [1.29, 1.82) is 0 Å². The van der Waals surface area contributed by atoms with Gasteiger partial charge in [0.2, 0.25) is 5.91 Å². The molecule has 1 atom stereocenters. The number of carbonyl (C=O) groups excluding carboxylic acids is 2. The lowest BCUT2D eigenvalue weighted by Gasteiger charge is -2.40. The van der Waals surface area contributed by atoms with Gasteiger partial charge in [-0.3, -0.25) is 9.59 Å². The normalized spacial score (nSPS) is 25.6. The lowest BCUT2D eigenvalue weighted by molar-refractivity contribution is -0.149. The van der Waals surface area contributed by atoms with Crippen LogP contribution in [-0.4, -0.2) is 29.2 Å². The number of hydrogen-bond donors (Lipinski definition) is 0. The van der Waals surface area contributed by atoms with Gasteiger partial charge in [-0.2, -0.15) is 0 Å². The molecule has 1 saturated heterocycles. The van der Waals surface area contributed by atoms with Gasteiger partial charge in [0.15, 0.2) is 5.78 Å². The number of rotatable bonds is 2. The molecule has 0 spiro atoms. The van der Waals surface area contributed by atoms with E-state index in [1.807, 2.05) is 25.7 Å². The molecule has 0 N–H and O–H groups in total. The summed E-state index contributed by atoms with van der Waals surface area (Å²) in [6, 6.07) is -0.140. The summed E-state index contributed by atoms with van der Waals surface area (Å²) >= 11 is 0. The van der Waals surface area contributed by atoms with Gasteiger partial charge in [0.1, 0.15) is 0 Å². The summed E-state index contributed by atoms with van der Waals surface area (Å²) in [5.41, 5.74) is -0.386. The van der Waals surface area contributed by atoms with Crippen LogP contribution >= 0.6 is 0 Å². The number of carbonyl (C=O) groups is 2. The van der Waals surface area contributed by atoms with Crippen LogP contribution in [0.4, 0.5) is 0 Å². The van der Waals surface area contributed by atoms with Crippen LogP contribution in [-0.2, 0) is 9.59 Å². The average molecular weight is 279 g/mol. The Bertz CT molecular complexity index is 364. The molecule has 1 saturated carbocycles. The number of piperidine rings is 1. The first-order valence-electron chi connectivity index (χ1n) is 8.26. The fourth-order valence-corrected chi connectivity index (χ4v) is 3.56. The van der Waals surface area contributed by atoms with Gasteiger partial charge in [0, 0.05) is 17.9 Å². The number of Topliss-reactive ketones (excluding diaryl/α,β-unsaturated/α-hetero) is 1. The van der Waals surface area contributed by atoms with E-state index in [2.05, 4.69) is 0 Å². The van der Waals surface area contributed by atoms with Crippen molar-refractivity contribution in [3.8, 4) is 0 Å². The molecule has 0 radical (unpaired) electrons. The predicted octanol–water partition coefficient (Wildman–Crippen LogP) is 3.56. The molecule has 20 heavy (non-hydrogen) atoms. The zero-order valence-electron chi connectivity index (χ0n) is 13.3. The van der Waals surface area contributed by atoms with Crippen molar-refractivity contribution in [3.05, 3.63) is 0 Å². The first-order chi connectivity index (χ1) is 9.41. The van der Waals surface area contributed by atoms with Crippen molar-refractivity contribution in [2.45, 2.75) is 78.2 Å². The summed E-state index contributed by atoms with van der Waals surface area (Å²) in [7, 11) is 0. The molecule has 2 fully saturated rings. The number of nitrogens with zero attached hydrogens (tertiary/aromatic N) is 1. The van der Waals surface area contributed by atoms with Crippen molar-refractivity contribution in [3.63, 3.8) is 0 Å². The lowest BCUT2D eigenvalue weighted by Crippen LogP contribution is -2.53. The van der Waals surface area contributed by atoms with E-state index in [0.29, 0.717) is 5.78 Å². The van der Waals surface area contributed by atoms with Crippen molar-refractivity contribution in [1.82, 2.24) is 4.90 Å². The fourth-order valence-electron chi connectivity index (χ4n) is 3.56. The molecule has 1 heterocycles. The Hall–Kier alpha value is -0.860. The highest BCUT2D eigenvalue weighted by atomic mass is 16.2. The largest absolute Gasteiger partial charge is 0.332 e. The van der Waals surface area contributed by atoms with Gasteiger partial charge in [0.25, 0.3) is 0 Å². The van der Waals surface area contributed by atoms with Gasteiger partial charge < -0.3 is 4.90 Å². The Balaban J connectivity index is 2.10. The zero-order valence-corrected chi connectivity index (χ0v) is 13.3. The second-order valence-corrected chi connectivity index (χ2v) is 7.50. The summed E-state index contributed by atoms with van der Waals surface area (Å²) in [6.45, 7) is 6.61. The fraction of sp³-hybridized carbons (Fsp3) is 0.882. The molecule has 2 rings (SSSR count). The van der Waals surface area contributed by atoms with Crippen molar-refractivity contribution in [2.24, 2.45) is 11.3 Å². The van der Waals surface area contributed by atoms with Crippen molar-refractivity contribution < 1.29 is 9.59 Å². The van der Waals surface area contributed by atoms with E-state index < -0.39 is 0 Å². The standard InChI is InChI=1S/C17H29NO2/c1-17(2,3)16(20)18-12-8-7-11-14(18)15(19)13-9-5-4-6-10-13/h13-14H,4-12H2,1-3H3. The Morgan fingerprint density at radius 3 is 2.10 bits per heavy atom. The van der Waals surface area contributed by atoms with E-state index >= 15 is 0 Å². The summed E-state index contributed by atoms with van der Waals surface area (Å²) in [4.78, 5) is 27.3. The highest BCUT2D eigenvalue weighted by Crippen LogP contribution is 2.31. The number of likely N-dealkylation sites (tertiary alicyclic amines) is 1. The van der Waals surface area contributed by atoms with Crippen LogP contribution in [0.5, 0.6) is 0 Å². The molecule has 114 valence electrons. The monoisotopic (exact) mass is 279 g/mol. The van der Waals surface area contributed by atoms with Crippen LogP contribution in [0.1, 0.15) is 72.1 Å². The number of ketones is 1. The minimum absolute atomic E-state index is 0.140. The zero-order chi connectivity index (χ0) is 14.8. The number of amides is 1. The van der Waals surface area contributed by atoms with E-state index in [-0.39, 0.29) is 23.3 Å². The lowest BCUT2D eigenvalue weighted by atomic mass is 9.80. The molecule has 0 aromatic carbocycles. The van der Waals surface area contributed by atoms with Crippen LogP contribution in [0.15, 0.2) is 0 Å². The smallest absolute Gasteiger partial charge is 0.228 e. The Kier molecular flexibility index (Phi) is 4.87. The molecule has 1 aliphatic heterocycles. The topological polar surface area (TPSA) is 37.4 Å². The van der Waals surface area contributed by atoms with E-state index in [1.54, 1.807) is 0 Å². The molecular formula is C17H29NO2. The first kappa shape index (κ1) is 15.5. The molecule has 3 nitrogen and oxygen atoms in total. The number of hydrogen-bond acceptors (Lipinski definition) is 2. The highest BCUT2D eigenvalue weighted by Gasteiger charge is 2.39. The van der Waals surface area contributed by atoms with Crippen molar-refractivity contribution in [2.75, 3.05) is 6.54 Å². The summed E-state index contributed by atoms with van der Waals surface area (Å²) in [5.74, 6) is 0.704. The van der Waals surface area contributed by atoms with Crippen LogP contribution in [0.2, 0.25) is 0 Å². The Morgan fingerprint density at radius 2 is 1.50 bits per heavy atom. The molecular weight excluding hydrogens is 250 g/mol. The molecule has 3 heteroatoms. The summed E-state index contributed by atoms with van der Waals surface area (Å²) in [5, 5.41) is 0. The first-order valence-corrected chi connectivity index (χ1v) is 8.26. The van der Waals surface area contributed by atoms with E-state index in [1.165, 1.54) is 19.3 Å². The second kappa shape index (κ2) is 6.28.